The van der Waals surface area contributed by atoms with Crippen molar-refractivity contribution in [1.29, 1.82) is 0 Å². The number of halogens is 1. The van der Waals surface area contributed by atoms with E-state index in [2.05, 4.69) is 36.9 Å². The minimum atomic E-state index is -1.23. The number of benzene rings is 1. The number of amides is 1. The van der Waals surface area contributed by atoms with Crippen LogP contribution in [0.1, 0.15) is 40.1 Å². The fourth-order valence-electron chi connectivity index (χ4n) is 3.57. The molecule has 0 radical (unpaired) electrons. The Hall–Kier alpha value is -4.06. The smallest absolute Gasteiger partial charge is 0.360 e. The van der Waals surface area contributed by atoms with Crippen LogP contribution in [0.25, 0.3) is 11.1 Å². The van der Waals surface area contributed by atoms with Gasteiger partial charge in [-0.05, 0) is 43.5 Å². The summed E-state index contributed by atoms with van der Waals surface area (Å²) in [5, 5.41) is 19.2. The van der Waals surface area contributed by atoms with Gasteiger partial charge < -0.3 is 10.1 Å². The van der Waals surface area contributed by atoms with Gasteiger partial charge in [0.2, 0.25) is 11.0 Å². The Morgan fingerprint density at radius 2 is 2.00 bits per heavy atom. The second-order valence-electron chi connectivity index (χ2n) is 8.31. The highest BCUT2D eigenvalue weighted by Gasteiger charge is 2.16. The van der Waals surface area contributed by atoms with Crippen molar-refractivity contribution in [2.24, 2.45) is 0 Å². The molecule has 0 aliphatic carbocycles. The molecule has 37 heavy (non-hydrogen) atoms. The van der Waals surface area contributed by atoms with E-state index < -0.39 is 12.1 Å². The summed E-state index contributed by atoms with van der Waals surface area (Å²) < 4.78 is 20.6. The van der Waals surface area contributed by atoms with Crippen molar-refractivity contribution in [3.05, 3.63) is 70.8 Å². The molecule has 0 bridgehead atoms. The molecule has 0 saturated heterocycles. The van der Waals surface area contributed by atoms with Crippen molar-refractivity contribution in [1.82, 2.24) is 30.2 Å². The van der Waals surface area contributed by atoms with Crippen LogP contribution in [0.4, 0.5) is 9.52 Å². The SMILES string of the molecule is CCOC(=O)c1cn(CC(F)CCc2nnc(NC(=O)Cc3cc(-c4cccc(C)c4)ccn3)s2)nn1. The summed E-state index contributed by atoms with van der Waals surface area (Å²) in [6.45, 7) is 3.89. The molecule has 10 nitrogen and oxygen atoms in total. The van der Waals surface area contributed by atoms with E-state index in [1.807, 2.05) is 37.3 Å². The molecular weight excluding hydrogens is 497 g/mol. The van der Waals surface area contributed by atoms with Crippen molar-refractivity contribution >= 4 is 28.3 Å². The van der Waals surface area contributed by atoms with E-state index in [1.54, 1.807) is 13.1 Å². The zero-order valence-electron chi connectivity index (χ0n) is 20.4. The van der Waals surface area contributed by atoms with E-state index in [4.69, 9.17) is 4.74 Å². The predicted molar refractivity (Wildman–Crippen MR) is 136 cm³/mol. The second-order valence-corrected chi connectivity index (χ2v) is 9.38. The quantitative estimate of drug-likeness (QED) is 0.294. The van der Waals surface area contributed by atoms with Gasteiger partial charge >= 0.3 is 5.97 Å². The Labute approximate surface area is 216 Å². The molecule has 0 aliphatic rings. The van der Waals surface area contributed by atoms with Crippen LogP contribution >= 0.6 is 11.3 Å². The number of esters is 1. The molecule has 3 aromatic heterocycles. The van der Waals surface area contributed by atoms with E-state index in [0.29, 0.717) is 22.3 Å². The third-order valence-electron chi connectivity index (χ3n) is 5.30. The number of carbonyl (C=O) groups excluding carboxylic acids is 2. The number of hydrogen-bond acceptors (Lipinski definition) is 9. The number of alkyl halides is 1. The number of nitrogens with one attached hydrogen (secondary N) is 1. The number of aromatic nitrogens is 6. The largest absolute Gasteiger partial charge is 0.461 e. The summed E-state index contributed by atoms with van der Waals surface area (Å²) >= 11 is 1.20. The van der Waals surface area contributed by atoms with Crippen LogP contribution in [-0.4, -0.2) is 54.8 Å². The number of ether oxygens (including phenoxy) is 1. The molecule has 4 rings (SSSR count). The number of nitrogens with zero attached hydrogens (tertiary/aromatic N) is 6. The van der Waals surface area contributed by atoms with E-state index >= 15 is 0 Å². The maximum atomic E-state index is 14.4. The predicted octanol–water partition coefficient (Wildman–Crippen LogP) is 3.83. The van der Waals surface area contributed by atoms with Crippen LogP contribution in [0.5, 0.6) is 0 Å². The maximum Gasteiger partial charge on any atom is 0.360 e. The molecule has 4 aromatic rings. The third kappa shape index (κ3) is 7.46. The maximum absolute atomic E-state index is 14.4. The Kier molecular flexibility index (Phi) is 8.62. The first-order valence-electron chi connectivity index (χ1n) is 11.7. The molecule has 192 valence electrons. The third-order valence-corrected chi connectivity index (χ3v) is 6.20. The standard InChI is InChI=1S/C25H26FN7O3S/c1-3-36-24(35)21-15-33(32-29-21)14-19(26)7-8-23-30-31-25(37-23)28-22(34)13-20-12-18(9-10-27-20)17-6-4-5-16(2)11-17/h4-6,9-12,15,19H,3,7-8,13-14H2,1-2H3,(H,28,31,34). The first kappa shape index (κ1) is 26.0. The molecule has 12 heteroatoms. The van der Waals surface area contributed by atoms with Gasteiger partial charge in [0.1, 0.15) is 11.2 Å². The average molecular weight is 524 g/mol. The Morgan fingerprint density at radius 3 is 2.81 bits per heavy atom. The van der Waals surface area contributed by atoms with Crippen LogP contribution in [0, 0.1) is 6.92 Å². The number of carbonyl (C=O) groups is 2. The molecule has 0 fully saturated rings. The molecular formula is C25H26FN7O3S. The molecule has 1 aromatic carbocycles. The summed E-state index contributed by atoms with van der Waals surface area (Å²) in [6, 6.07) is 11.9. The second kappa shape index (κ2) is 12.3. The fraction of sp³-hybridized carbons (Fsp3) is 0.320. The summed E-state index contributed by atoms with van der Waals surface area (Å²) in [7, 11) is 0. The van der Waals surface area contributed by atoms with Crippen LogP contribution in [0.3, 0.4) is 0 Å². The molecule has 0 spiro atoms. The van der Waals surface area contributed by atoms with E-state index in [0.717, 1.165) is 16.7 Å². The van der Waals surface area contributed by atoms with Gasteiger partial charge in [-0.25, -0.2) is 13.9 Å². The van der Waals surface area contributed by atoms with Crippen LogP contribution in [-0.2, 0) is 28.9 Å². The molecule has 1 unspecified atom stereocenters. The number of pyridine rings is 1. The average Bonchev–Trinajstić information content (AvgIpc) is 3.52. The summed E-state index contributed by atoms with van der Waals surface area (Å²) in [4.78, 5) is 28.5. The Balaban J connectivity index is 1.25. The zero-order valence-corrected chi connectivity index (χ0v) is 21.2. The van der Waals surface area contributed by atoms with Gasteiger partial charge in [0.25, 0.3) is 0 Å². The minimum Gasteiger partial charge on any atom is -0.461 e. The van der Waals surface area contributed by atoms with Gasteiger partial charge in [-0.15, -0.1) is 15.3 Å². The van der Waals surface area contributed by atoms with Gasteiger partial charge in [0, 0.05) is 12.6 Å². The van der Waals surface area contributed by atoms with Crippen LogP contribution in [0.2, 0.25) is 0 Å². The minimum absolute atomic E-state index is 0.0376. The molecule has 0 saturated carbocycles. The van der Waals surface area contributed by atoms with E-state index in [-0.39, 0.29) is 37.6 Å². The fourth-order valence-corrected chi connectivity index (χ4v) is 4.34. The van der Waals surface area contributed by atoms with Crippen molar-refractivity contribution in [3.8, 4) is 11.1 Å². The molecule has 1 atom stereocenters. The van der Waals surface area contributed by atoms with E-state index in [1.165, 1.54) is 22.2 Å². The molecule has 1 N–H and O–H groups in total. The summed E-state index contributed by atoms with van der Waals surface area (Å²) in [6.07, 6.45) is 2.42. The van der Waals surface area contributed by atoms with Gasteiger partial charge in [-0.2, -0.15) is 0 Å². The molecule has 0 aliphatic heterocycles. The van der Waals surface area contributed by atoms with Gasteiger partial charge in [0.05, 0.1) is 31.5 Å². The lowest BCUT2D eigenvalue weighted by Crippen LogP contribution is -2.15. The highest BCUT2D eigenvalue weighted by atomic mass is 32.1. The number of aryl methyl sites for hydroxylation is 2. The summed E-state index contributed by atoms with van der Waals surface area (Å²) in [5.74, 6) is -0.856. The number of hydrogen-bond donors (Lipinski definition) is 1. The lowest BCUT2D eigenvalue weighted by atomic mass is 10.0. The first-order valence-corrected chi connectivity index (χ1v) is 12.6. The van der Waals surface area contributed by atoms with Crippen molar-refractivity contribution < 1.29 is 18.7 Å². The summed E-state index contributed by atoms with van der Waals surface area (Å²) in [5.41, 5.74) is 3.88. The molecule has 1 amide bonds. The number of rotatable bonds is 11. The number of anilines is 1. The highest BCUT2D eigenvalue weighted by molar-refractivity contribution is 7.15. The topological polar surface area (TPSA) is 125 Å². The Bertz CT molecular complexity index is 1370. The van der Waals surface area contributed by atoms with Crippen LogP contribution in [0.15, 0.2) is 48.8 Å². The van der Waals surface area contributed by atoms with Crippen molar-refractivity contribution in [2.45, 2.75) is 45.8 Å². The van der Waals surface area contributed by atoms with Gasteiger partial charge in [-0.3, -0.25) is 9.78 Å². The molecule has 3 heterocycles. The van der Waals surface area contributed by atoms with Gasteiger partial charge in [-0.1, -0.05) is 46.4 Å². The van der Waals surface area contributed by atoms with Crippen LogP contribution < -0.4 is 5.32 Å². The normalized spacial score (nSPS) is 11.8. The van der Waals surface area contributed by atoms with Crippen molar-refractivity contribution in [2.75, 3.05) is 11.9 Å². The van der Waals surface area contributed by atoms with Crippen molar-refractivity contribution in [3.63, 3.8) is 0 Å². The van der Waals surface area contributed by atoms with Gasteiger partial charge in [0.15, 0.2) is 5.69 Å². The first-order chi connectivity index (χ1) is 17.9. The highest BCUT2D eigenvalue weighted by Crippen LogP contribution is 2.22. The van der Waals surface area contributed by atoms with E-state index in [9.17, 15) is 14.0 Å². The lowest BCUT2D eigenvalue weighted by Gasteiger charge is -2.06. The lowest BCUT2D eigenvalue weighted by molar-refractivity contribution is -0.115. The zero-order chi connectivity index (χ0) is 26.2. The monoisotopic (exact) mass is 523 g/mol. The Morgan fingerprint density at radius 1 is 1.16 bits per heavy atom.